The van der Waals surface area contributed by atoms with Gasteiger partial charge in [0.2, 0.25) is 0 Å². The van der Waals surface area contributed by atoms with Crippen molar-refractivity contribution in [3.05, 3.63) is 35.9 Å². The monoisotopic (exact) mass is 214 g/mol. The van der Waals surface area contributed by atoms with E-state index in [1.54, 1.807) is 0 Å². The van der Waals surface area contributed by atoms with Crippen LogP contribution in [0.3, 0.4) is 0 Å². The quantitative estimate of drug-likeness (QED) is 0.733. The number of benzene rings is 1. The minimum Gasteiger partial charge on any atom is -0.245 e. The zero-order valence-electron chi connectivity index (χ0n) is 7.42. The average Bonchev–Trinajstić information content (AvgIpc) is 2.47. The third-order valence-corrected chi connectivity index (χ3v) is 2.89. The fraction of sp³-hybridized carbons (Fsp3) is 0.333. The topological polar surface area (TPSA) is 52.6 Å². The van der Waals surface area contributed by atoms with E-state index in [9.17, 15) is 8.42 Å². The summed E-state index contributed by atoms with van der Waals surface area (Å²) in [6, 6.07) is 9.56. The van der Waals surface area contributed by atoms with E-state index < -0.39 is 10.4 Å². The van der Waals surface area contributed by atoms with Gasteiger partial charge >= 0.3 is 10.4 Å². The number of hydrogen-bond acceptors (Lipinski definition) is 4. The Morgan fingerprint density at radius 1 is 1.29 bits per heavy atom. The van der Waals surface area contributed by atoms with E-state index in [-0.39, 0.29) is 12.7 Å². The van der Waals surface area contributed by atoms with Gasteiger partial charge in [0.25, 0.3) is 0 Å². The molecule has 1 atom stereocenters. The van der Waals surface area contributed by atoms with Crippen LogP contribution >= 0.6 is 0 Å². The highest BCUT2D eigenvalue weighted by atomic mass is 32.3. The summed E-state index contributed by atoms with van der Waals surface area (Å²) in [7, 11) is -3.72. The number of hydrogen-bond donors (Lipinski definition) is 0. The molecule has 1 saturated heterocycles. The maximum absolute atomic E-state index is 10.8. The van der Waals surface area contributed by atoms with E-state index in [2.05, 4.69) is 4.18 Å². The lowest BCUT2D eigenvalue weighted by atomic mass is 10.1. The zero-order chi connectivity index (χ0) is 10.0. The molecule has 0 aliphatic carbocycles. The first-order chi connectivity index (χ1) is 6.66. The van der Waals surface area contributed by atoms with Gasteiger partial charge in [-0.3, -0.25) is 0 Å². The Bertz CT molecular complexity index is 398. The van der Waals surface area contributed by atoms with Crippen LogP contribution in [0.5, 0.6) is 0 Å². The minimum absolute atomic E-state index is 0.108. The van der Waals surface area contributed by atoms with Crippen molar-refractivity contribution in [2.75, 3.05) is 6.61 Å². The molecule has 4 nitrogen and oxygen atoms in total. The van der Waals surface area contributed by atoms with E-state index in [0.717, 1.165) is 5.56 Å². The molecule has 1 aliphatic heterocycles. The molecule has 1 aromatic carbocycles. The maximum atomic E-state index is 10.8. The summed E-state index contributed by atoms with van der Waals surface area (Å²) in [6.45, 7) is 0.108. The summed E-state index contributed by atoms with van der Waals surface area (Å²) in [6.07, 6.45) is 0.169. The summed E-state index contributed by atoms with van der Waals surface area (Å²) in [5.74, 6) is 0. The Labute approximate surface area is 82.8 Å². The molecular formula is C9H10O4S. The highest BCUT2D eigenvalue weighted by Crippen LogP contribution is 2.16. The van der Waals surface area contributed by atoms with Gasteiger partial charge in [0.05, 0.1) is 6.61 Å². The minimum atomic E-state index is -3.72. The average molecular weight is 214 g/mol. The van der Waals surface area contributed by atoms with Gasteiger partial charge in [-0.05, 0) is 5.56 Å². The fourth-order valence-electron chi connectivity index (χ4n) is 1.35. The first-order valence-corrected chi connectivity index (χ1v) is 5.61. The summed E-state index contributed by atoms with van der Waals surface area (Å²) in [4.78, 5) is 0. The molecule has 0 saturated carbocycles. The van der Waals surface area contributed by atoms with Gasteiger partial charge < -0.3 is 0 Å². The Morgan fingerprint density at radius 2 is 2.00 bits per heavy atom. The standard InChI is InChI=1S/C9H10O4S/c10-14(11)12-7-9(13-14)6-8-4-2-1-3-5-8/h1-5,9H,6-7H2. The van der Waals surface area contributed by atoms with Crippen LogP contribution in [-0.2, 0) is 25.2 Å². The Hall–Kier alpha value is -0.910. The molecule has 0 spiro atoms. The van der Waals surface area contributed by atoms with Crippen molar-refractivity contribution in [3.8, 4) is 0 Å². The van der Waals surface area contributed by atoms with E-state index in [4.69, 9.17) is 4.18 Å². The van der Waals surface area contributed by atoms with E-state index in [1.165, 1.54) is 0 Å². The third kappa shape index (κ3) is 2.31. The molecular weight excluding hydrogens is 204 g/mol. The van der Waals surface area contributed by atoms with E-state index >= 15 is 0 Å². The zero-order valence-corrected chi connectivity index (χ0v) is 8.24. The molecule has 76 valence electrons. The lowest BCUT2D eigenvalue weighted by Crippen LogP contribution is -2.13. The van der Waals surface area contributed by atoms with Gasteiger partial charge in [0.1, 0.15) is 6.10 Å². The Morgan fingerprint density at radius 3 is 2.57 bits per heavy atom. The summed E-state index contributed by atoms with van der Waals surface area (Å²) >= 11 is 0. The SMILES string of the molecule is O=S1(=O)OCC(Cc2ccccc2)O1. The van der Waals surface area contributed by atoms with Crippen molar-refractivity contribution < 1.29 is 16.8 Å². The normalized spacial score (nSPS) is 25.0. The second-order valence-corrected chi connectivity index (χ2v) is 4.35. The predicted octanol–water partition coefficient (Wildman–Crippen LogP) is 0.889. The Balaban J connectivity index is 2.01. The van der Waals surface area contributed by atoms with E-state index in [0.29, 0.717) is 6.42 Å². The van der Waals surface area contributed by atoms with Crippen molar-refractivity contribution in [2.24, 2.45) is 0 Å². The van der Waals surface area contributed by atoms with Crippen LogP contribution in [-0.4, -0.2) is 21.1 Å². The molecule has 2 rings (SSSR count). The smallest absolute Gasteiger partial charge is 0.245 e. The van der Waals surface area contributed by atoms with Crippen LogP contribution in [0.2, 0.25) is 0 Å². The van der Waals surface area contributed by atoms with Crippen molar-refractivity contribution in [3.63, 3.8) is 0 Å². The highest BCUT2D eigenvalue weighted by molar-refractivity contribution is 7.82. The van der Waals surface area contributed by atoms with Gasteiger partial charge in [0, 0.05) is 6.42 Å². The van der Waals surface area contributed by atoms with Crippen molar-refractivity contribution >= 4 is 10.4 Å². The molecule has 14 heavy (non-hydrogen) atoms. The lowest BCUT2D eigenvalue weighted by Gasteiger charge is -2.04. The lowest BCUT2D eigenvalue weighted by molar-refractivity contribution is 0.236. The molecule has 1 fully saturated rings. The molecule has 0 amide bonds. The predicted molar refractivity (Wildman–Crippen MR) is 49.9 cm³/mol. The molecule has 1 unspecified atom stereocenters. The van der Waals surface area contributed by atoms with Gasteiger partial charge in [-0.1, -0.05) is 30.3 Å². The molecule has 1 aliphatic rings. The fourth-order valence-corrected chi connectivity index (χ4v) is 2.18. The van der Waals surface area contributed by atoms with Gasteiger partial charge in [-0.15, -0.1) is 0 Å². The van der Waals surface area contributed by atoms with Gasteiger partial charge in [-0.2, -0.15) is 8.42 Å². The molecule has 0 bridgehead atoms. The molecule has 5 heteroatoms. The van der Waals surface area contributed by atoms with Crippen molar-refractivity contribution in [1.29, 1.82) is 0 Å². The molecule has 1 heterocycles. The van der Waals surface area contributed by atoms with Crippen LogP contribution in [0, 0.1) is 0 Å². The van der Waals surface area contributed by atoms with E-state index in [1.807, 2.05) is 30.3 Å². The van der Waals surface area contributed by atoms with Gasteiger partial charge in [0.15, 0.2) is 0 Å². The number of rotatable bonds is 2. The second-order valence-electron chi connectivity index (χ2n) is 3.10. The first-order valence-electron chi connectivity index (χ1n) is 4.27. The molecule has 0 N–H and O–H groups in total. The second kappa shape index (κ2) is 3.68. The largest absolute Gasteiger partial charge is 0.400 e. The Kier molecular flexibility index (Phi) is 2.54. The summed E-state index contributed by atoms with van der Waals surface area (Å²) in [5.41, 5.74) is 1.04. The third-order valence-electron chi connectivity index (χ3n) is 1.96. The highest BCUT2D eigenvalue weighted by Gasteiger charge is 2.29. The molecule has 1 aromatic rings. The van der Waals surface area contributed by atoms with Gasteiger partial charge in [-0.25, -0.2) is 8.37 Å². The van der Waals surface area contributed by atoms with Crippen LogP contribution in [0.25, 0.3) is 0 Å². The molecule has 0 radical (unpaired) electrons. The van der Waals surface area contributed by atoms with Crippen LogP contribution in [0.4, 0.5) is 0 Å². The van der Waals surface area contributed by atoms with Crippen molar-refractivity contribution in [2.45, 2.75) is 12.5 Å². The summed E-state index contributed by atoms with van der Waals surface area (Å²) < 4.78 is 30.8. The maximum Gasteiger partial charge on any atom is 0.400 e. The summed E-state index contributed by atoms with van der Waals surface area (Å²) in [5, 5.41) is 0. The van der Waals surface area contributed by atoms with Crippen LogP contribution in [0.1, 0.15) is 5.56 Å². The van der Waals surface area contributed by atoms with Crippen LogP contribution in [0.15, 0.2) is 30.3 Å². The van der Waals surface area contributed by atoms with Crippen molar-refractivity contribution in [1.82, 2.24) is 0 Å². The van der Waals surface area contributed by atoms with Crippen LogP contribution < -0.4 is 0 Å². The first kappa shape index (κ1) is 9.64. The molecule has 0 aromatic heterocycles.